The van der Waals surface area contributed by atoms with E-state index in [4.69, 9.17) is 0 Å². The second-order valence-electron chi connectivity index (χ2n) is 7.70. The van der Waals surface area contributed by atoms with E-state index < -0.39 is 0 Å². The number of hydrogen-bond acceptors (Lipinski definition) is 3. The van der Waals surface area contributed by atoms with Crippen LogP contribution in [0, 0.1) is 5.92 Å². The molecule has 0 spiro atoms. The van der Waals surface area contributed by atoms with Crippen molar-refractivity contribution in [2.75, 3.05) is 13.1 Å². The summed E-state index contributed by atoms with van der Waals surface area (Å²) in [6.07, 6.45) is 8.46. The summed E-state index contributed by atoms with van der Waals surface area (Å²) in [7, 11) is 2.05. The van der Waals surface area contributed by atoms with Crippen molar-refractivity contribution in [2.45, 2.75) is 32.4 Å². The van der Waals surface area contributed by atoms with Gasteiger partial charge in [0.1, 0.15) is 0 Å². The maximum absolute atomic E-state index is 13.1. The standard InChI is InChI=1S/C23H28N4O/c1-25-13-5-8-21(25)11-16-27-17-12-24-23(27)22(28)20-9-14-26(15-10-20)18-19-6-3-2-4-7-19/h2-8,12-13,17,20H,9-11,14-16,18H2,1H3. The van der Waals surface area contributed by atoms with Gasteiger partial charge in [0.2, 0.25) is 5.78 Å². The molecule has 0 unspecified atom stereocenters. The maximum atomic E-state index is 13.1. The number of benzene rings is 1. The van der Waals surface area contributed by atoms with E-state index in [0.29, 0.717) is 5.82 Å². The predicted octanol–water partition coefficient (Wildman–Crippen LogP) is 3.56. The zero-order valence-corrected chi connectivity index (χ0v) is 16.5. The van der Waals surface area contributed by atoms with E-state index in [1.165, 1.54) is 11.3 Å². The first-order chi connectivity index (χ1) is 13.7. The number of likely N-dealkylation sites (tertiary alicyclic amines) is 1. The lowest BCUT2D eigenvalue weighted by atomic mass is 9.91. The molecule has 1 saturated heterocycles. The van der Waals surface area contributed by atoms with Crippen molar-refractivity contribution < 1.29 is 4.79 Å². The number of Topliss-reactive ketones (excluding diaryl/α,β-unsaturated/α-hetero) is 1. The average Bonchev–Trinajstić information content (AvgIpc) is 3.36. The smallest absolute Gasteiger partial charge is 0.201 e. The fraction of sp³-hybridized carbons (Fsp3) is 0.391. The van der Waals surface area contributed by atoms with Crippen molar-refractivity contribution >= 4 is 5.78 Å². The van der Waals surface area contributed by atoms with E-state index in [2.05, 4.69) is 64.1 Å². The molecule has 1 fully saturated rings. The number of piperidine rings is 1. The van der Waals surface area contributed by atoms with Crippen LogP contribution in [0.5, 0.6) is 0 Å². The Morgan fingerprint density at radius 2 is 1.86 bits per heavy atom. The number of nitrogens with zero attached hydrogens (tertiary/aromatic N) is 4. The largest absolute Gasteiger partial charge is 0.354 e. The number of ketones is 1. The summed E-state index contributed by atoms with van der Waals surface area (Å²) in [5.74, 6) is 0.912. The molecule has 146 valence electrons. The van der Waals surface area contributed by atoms with Crippen LogP contribution < -0.4 is 0 Å². The molecule has 28 heavy (non-hydrogen) atoms. The molecule has 1 aromatic carbocycles. The monoisotopic (exact) mass is 376 g/mol. The number of carbonyl (C=O) groups is 1. The van der Waals surface area contributed by atoms with Gasteiger partial charge in [0, 0.05) is 56.8 Å². The molecule has 0 aliphatic carbocycles. The third-order valence-corrected chi connectivity index (χ3v) is 5.80. The van der Waals surface area contributed by atoms with E-state index in [1.807, 2.05) is 16.8 Å². The van der Waals surface area contributed by atoms with Gasteiger partial charge in [0.25, 0.3) is 0 Å². The topological polar surface area (TPSA) is 43.1 Å². The van der Waals surface area contributed by atoms with Crippen LogP contribution in [-0.4, -0.2) is 37.9 Å². The molecule has 0 N–H and O–H groups in total. The molecule has 2 aromatic heterocycles. The minimum absolute atomic E-state index is 0.0863. The Kier molecular flexibility index (Phi) is 5.72. The first-order valence-electron chi connectivity index (χ1n) is 10.1. The van der Waals surface area contributed by atoms with Gasteiger partial charge in [-0.15, -0.1) is 0 Å². The zero-order chi connectivity index (χ0) is 19.3. The molecule has 5 heteroatoms. The highest BCUT2D eigenvalue weighted by Crippen LogP contribution is 2.22. The van der Waals surface area contributed by atoms with Gasteiger partial charge in [-0.05, 0) is 43.6 Å². The minimum atomic E-state index is 0.0863. The quantitative estimate of drug-likeness (QED) is 0.592. The number of imidazole rings is 1. The minimum Gasteiger partial charge on any atom is -0.354 e. The van der Waals surface area contributed by atoms with Gasteiger partial charge in [-0.1, -0.05) is 30.3 Å². The normalized spacial score (nSPS) is 15.8. The lowest BCUT2D eigenvalue weighted by Crippen LogP contribution is -2.36. The molecule has 3 heterocycles. The number of rotatable bonds is 7. The number of hydrogen-bond donors (Lipinski definition) is 0. The molecule has 0 amide bonds. The fourth-order valence-electron chi connectivity index (χ4n) is 4.08. The highest BCUT2D eigenvalue weighted by molar-refractivity contribution is 5.94. The number of aromatic nitrogens is 3. The molecule has 0 bridgehead atoms. The SMILES string of the molecule is Cn1cccc1CCn1ccnc1C(=O)C1CCN(Cc2ccccc2)CC1. The Labute approximate surface area is 166 Å². The third-order valence-electron chi connectivity index (χ3n) is 5.80. The predicted molar refractivity (Wildman–Crippen MR) is 110 cm³/mol. The van der Waals surface area contributed by atoms with Gasteiger partial charge in [0.05, 0.1) is 0 Å². The van der Waals surface area contributed by atoms with Gasteiger partial charge in [0.15, 0.2) is 5.82 Å². The van der Waals surface area contributed by atoms with Crippen LogP contribution in [0.2, 0.25) is 0 Å². The summed E-state index contributed by atoms with van der Waals surface area (Å²) < 4.78 is 4.15. The molecule has 0 saturated carbocycles. The van der Waals surface area contributed by atoms with Crippen LogP contribution in [0.1, 0.15) is 34.7 Å². The molecular formula is C23H28N4O. The Morgan fingerprint density at radius 1 is 1.07 bits per heavy atom. The van der Waals surface area contributed by atoms with E-state index >= 15 is 0 Å². The highest BCUT2D eigenvalue weighted by Gasteiger charge is 2.28. The van der Waals surface area contributed by atoms with Crippen molar-refractivity contribution in [1.29, 1.82) is 0 Å². The number of aryl methyl sites for hydroxylation is 3. The Morgan fingerprint density at radius 3 is 2.57 bits per heavy atom. The van der Waals surface area contributed by atoms with Gasteiger partial charge >= 0.3 is 0 Å². The van der Waals surface area contributed by atoms with Crippen LogP contribution >= 0.6 is 0 Å². The summed E-state index contributed by atoms with van der Waals surface area (Å²) in [6.45, 7) is 3.68. The molecule has 1 aliphatic rings. The summed E-state index contributed by atoms with van der Waals surface area (Å²) >= 11 is 0. The van der Waals surface area contributed by atoms with Gasteiger partial charge < -0.3 is 9.13 Å². The first-order valence-corrected chi connectivity index (χ1v) is 10.1. The molecule has 0 radical (unpaired) electrons. The highest BCUT2D eigenvalue weighted by atomic mass is 16.1. The van der Waals surface area contributed by atoms with Crippen molar-refractivity contribution in [2.24, 2.45) is 13.0 Å². The van der Waals surface area contributed by atoms with Crippen LogP contribution in [0.3, 0.4) is 0 Å². The van der Waals surface area contributed by atoms with E-state index in [1.54, 1.807) is 6.20 Å². The van der Waals surface area contributed by atoms with Crippen LogP contribution in [0.15, 0.2) is 61.1 Å². The Bertz CT molecular complexity index is 904. The molecule has 4 rings (SSSR count). The number of carbonyl (C=O) groups excluding carboxylic acids is 1. The lowest BCUT2D eigenvalue weighted by Gasteiger charge is -2.31. The summed E-state index contributed by atoms with van der Waals surface area (Å²) in [6, 6.07) is 14.7. The molecular weight excluding hydrogens is 348 g/mol. The molecule has 1 aliphatic heterocycles. The van der Waals surface area contributed by atoms with E-state index in [9.17, 15) is 4.79 Å². The van der Waals surface area contributed by atoms with E-state index in [-0.39, 0.29) is 11.7 Å². The van der Waals surface area contributed by atoms with Crippen LogP contribution in [0.25, 0.3) is 0 Å². The van der Waals surface area contributed by atoms with Crippen molar-refractivity contribution in [1.82, 2.24) is 19.0 Å². The van der Waals surface area contributed by atoms with Crippen molar-refractivity contribution in [3.63, 3.8) is 0 Å². The lowest BCUT2D eigenvalue weighted by molar-refractivity contribution is 0.0819. The van der Waals surface area contributed by atoms with Gasteiger partial charge in [-0.3, -0.25) is 9.69 Å². The van der Waals surface area contributed by atoms with Gasteiger partial charge in [-0.25, -0.2) is 4.98 Å². The third kappa shape index (κ3) is 4.25. The van der Waals surface area contributed by atoms with Gasteiger partial charge in [-0.2, -0.15) is 0 Å². The van der Waals surface area contributed by atoms with Crippen LogP contribution in [-0.2, 0) is 26.6 Å². The second-order valence-corrected chi connectivity index (χ2v) is 7.70. The summed E-state index contributed by atoms with van der Waals surface area (Å²) in [5, 5.41) is 0. The Hall–Kier alpha value is -2.66. The average molecular weight is 377 g/mol. The molecule has 3 aromatic rings. The zero-order valence-electron chi connectivity index (χ0n) is 16.5. The fourth-order valence-corrected chi connectivity index (χ4v) is 4.08. The summed E-state index contributed by atoms with van der Waals surface area (Å²) in [4.78, 5) is 19.9. The van der Waals surface area contributed by atoms with Crippen molar-refractivity contribution in [3.05, 3.63) is 78.1 Å². The van der Waals surface area contributed by atoms with E-state index in [0.717, 1.165) is 45.4 Å². The van der Waals surface area contributed by atoms with Crippen molar-refractivity contribution in [3.8, 4) is 0 Å². The van der Waals surface area contributed by atoms with Crippen LogP contribution in [0.4, 0.5) is 0 Å². The Balaban J connectivity index is 1.33. The summed E-state index contributed by atoms with van der Waals surface area (Å²) in [5.41, 5.74) is 2.60. The maximum Gasteiger partial charge on any atom is 0.201 e. The second kappa shape index (κ2) is 8.57. The molecule has 0 atom stereocenters. The molecule has 5 nitrogen and oxygen atoms in total. The first kappa shape index (κ1) is 18.7.